The Hall–Kier alpha value is -1.16. The lowest BCUT2D eigenvalue weighted by molar-refractivity contribution is -0.603. The summed E-state index contributed by atoms with van der Waals surface area (Å²) in [5, 5.41) is 12.3. The van der Waals surface area contributed by atoms with Gasteiger partial charge in [0.15, 0.2) is 6.20 Å². The van der Waals surface area contributed by atoms with E-state index in [9.17, 15) is 5.21 Å². The molecule has 0 amide bonds. The van der Waals surface area contributed by atoms with Crippen LogP contribution in [0, 0.1) is 5.21 Å². The summed E-state index contributed by atoms with van der Waals surface area (Å²) in [6, 6.07) is 1.86. The van der Waals surface area contributed by atoms with E-state index in [1.165, 1.54) is 30.7 Å². The van der Waals surface area contributed by atoms with Crippen LogP contribution in [0.2, 0.25) is 0 Å². The van der Waals surface area contributed by atoms with Crippen LogP contribution in [0.3, 0.4) is 0 Å². The van der Waals surface area contributed by atoms with Crippen molar-refractivity contribution in [3.8, 4) is 0 Å². The second-order valence-electron chi connectivity index (χ2n) is 4.09. The summed E-state index contributed by atoms with van der Waals surface area (Å²) in [5.41, 5.74) is 0.847. The Balaban J connectivity index is 2.05. The third-order valence-corrected chi connectivity index (χ3v) is 4.22. The maximum Gasteiger partial charge on any atom is 0.207 e. The number of hydrogen-bond donors (Lipinski definition) is 0. The van der Waals surface area contributed by atoms with Gasteiger partial charge < -0.3 is 5.21 Å². The Bertz CT molecular complexity index is 488. The van der Waals surface area contributed by atoms with Crippen molar-refractivity contribution in [2.75, 3.05) is 0 Å². The van der Waals surface area contributed by atoms with Gasteiger partial charge in [-0.15, -0.1) is 11.3 Å². The summed E-state index contributed by atoms with van der Waals surface area (Å²) in [7, 11) is 0. The Kier molecular flexibility index (Phi) is 2.09. The molecule has 0 radical (unpaired) electrons. The van der Waals surface area contributed by atoms with E-state index >= 15 is 0 Å². The largest absolute Gasteiger partial charge is 0.619 e. The van der Waals surface area contributed by atoms with Crippen LogP contribution in [0.5, 0.6) is 0 Å². The average molecular weight is 220 g/mol. The van der Waals surface area contributed by atoms with E-state index in [-0.39, 0.29) is 0 Å². The summed E-state index contributed by atoms with van der Waals surface area (Å²) >= 11 is 1.74. The van der Waals surface area contributed by atoms with E-state index in [1.54, 1.807) is 23.7 Å². The molecule has 0 aromatic carbocycles. The molecule has 2 aromatic heterocycles. The van der Waals surface area contributed by atoms with Crippen LogP contribution in [0.4, 0.5) is 0 Å². The summed E-state index contributed by atoms with van der Waals surface area (Å²) in [5.74, 6) is 0.641. The molecule has 0 spiro atoms. The zero-order chi connectivity index (χ0) is 10.3. The third-order valence-electron chi connectivity index (χ3n) is 3.02. The summed E-state index contributed by atoms with van der Waals surface area (Å²) in [6.45, 7) is 0. The van der Waals surface area contributed by atoms with E-state index in [0.717, 1.165) is 14.9 Å². The molecule has 0 saturated heterocycles. The fourth-order valence-corrected chi connectivity index (χ4v) is 3.33. The van der Waals surface area contributed by atoms with E-state index in [1.807, 2.05) is 6.07 Å². The van der Waals surface area contributed by atoms with Gasteiger partial charge in [-0.3, -0.25) is 0 Å². The van der Waals surface area contributed by atoms with Gasteiger partial charge in [0.1, 0.15) is 5.52 Å². The van der Waals surface area contributed by atoms with Crippen LogP contribution in [-0.2, 0) is 0 Å². The molecule has 1 aliphatic rings. The zero-order valence-electron chi connectivity index (χ0n) is 8.35. The fourth-order valence-electron chi connectivity index (χ4n) is 2.23. The molecule has 3 nitrogen and oxygen atoms in total. The summed E-state index contributed by atoms with van der Waals surface area (Å²) in [4.78, 5) is 4.55. The van der Waals surface area contributed by atoms with Crippen LogP contribution >= 0.6 is 11.3 Å². The third kappa shape index (κ3) is 1.59. The molecule has 1 aliphatic carbocycles. The molecule has 3 rings (SSSR count). The van der Waals surface area contributed by atoms with Crippen molar-refractivity contribution in [1.29, 1.82) is 0 Å². The zero-order valence-corrected chi connectivity index (χ0v) is 9.17. The number of thiazole rings is 1. The normalized spacial score (nSPS) is 17.6. The first-order valence-electron chi connectivity index (χ1n) is 5.32. The van der Waals surface area contributed by atoms with Gasteiger partial charge in [0.2, 0.25) is 6.20 Å². The molecule has 0 unspecified atom stereocenters. The van der Waals surface area contributed by atoms with E-state index < -0.39 is 0 Å². The predicted octanol–water partition coefficient (Wildman–Crippen LogP) is 2.59. The van der Waals surface area contributed by atoms with Gasteiger partial charge in [-0.25, -0.2) is 4.98 Å². The van der Waals surface area contributed by atoms with Crippen LogP contribution in [-0.4, -0.2) is 4.98 Å². The second kappa shape index (κ2) is 3.45. The van der Waals surface area contributed by atoms with Gasteiger partial charge in [0.05, 0.1) is 9.71 Å². The highest BCUT2D eigenvalue weighted by Crippen LogP contribution is 2.37. The highest BCUT2D eigenvalue weighted by atomic mass is 32.1. The van der Waals surface area contributed by atoms with Crippen molar-refractivity contribution < 1.29 is 4.73 Å². The molecule has 2 aromatic rings. The summed E-state index contributed by atoms with van der Waals surface area (Å²) in [6.07, 6.45) is 8.27. The fraction of sp³-hybridized carbons (Fsp3) is 0.455. The molecule has 0 N–H and O–H groups in total. The Labute approximate surface area is 92.0 Å². The summed E-state index contributed by atoms with van der Waals surface area (Å²) < 4.78 is 1.95. The average Bonchev–Trinajstić information content (AvgIpc) is 2.84. The molecule has 0 aliphatic heterocycles. The molecule has 0 atom stereocenters. The topological polar surface area (TPSA) is 39.8 Å². The standard InChI is InChI=1S/C11H12N2OS/c14-13-6-5-10-9(7-13)12-11(15-10)8-3-1-2-4-8/h5-8H,1-4H2. The Morgan fingerprint density at radius 2 is 2.20 bits per heavy atom. The lowest BCUT2D eigenvalue weighted by atomic mass is 10.1. The van der Waals surface area contributed by atoms with Gasteiger partial charge in [-0.05, 0) is 12.8 Å². The number of rotatable bonds is 1. The maximum atomic E-state index is 11.1. The Morgan fingerprint density at radius 3 is 3.00 bits per heavy atom. The minimum absolute atomic E-state index is 0.641. The van der Waals surface area contributed by atoms with Gasteiger partial charge in [-0.1, -0.05) is 12.8 Å². The van der Waals surface area contributed by atoms with E-state index in [2.05, 4.69) is 4.98 Å². The maximum absolute atomic E-state index is 11.1. The van der Waals surface area contributed by atoms with Crippen molar-refractivity contribution in [1.82, 2.24) is 4.98 Å². The first-order chi connectivity index (χ1) is 7.33. The number of fused-ring (bicyclic) bond motifs is 1. The SMILES string of the molecule is [O-][n+]1ccc2sc(C3CCCC3)nc2c1. The van der Waals surface area contributed by atoms with E-state index in [0.29, 0.717) is 5.92 Å². The van der Waals surface area contributed by atoms with Crippen LogP contribution in [0.25, 0.3) is 10.2 Å². The Morgan fingerprint density at radius 1 is 1.40 bits per heavy atom. The minimum atomic E-state index is 0.641. The smallest absolute Gasteiger partial charge is 0.207 e. The molecule has 15 heavy (non-hydrogen) atoms. The highest BCUT2D eigenvalue weighted by molar-refractivity contribution is 7.18. The van der Waals surface area contributed by atoms with Crippen LogP contribution < -0.4 is 4.73 Å². The van der Waals surface area contributed by atoms with Gasteiger partial charge in [0.25, 0.3) is 0 Å². The molecule has 4 heteroatoms. The van der Waals surface area contributed by atoms with Crippen molar-refractivity contribution in [3.05, 3.63) is 28.7 Å². The van der Waals surface area contributed by atoms with Crippen LogP contribution in [0.1, 0.15) is 36.6 Å². The number of hydrogen-bond acceptors (Lipinski definition) is 3. The lowest BCUT2D eigenvalue weighted by Crippen LogP contribution is -2.23. The molecule has 1 saturated carbocycles. The minimum Gasteiger partial charge on any atom is -0.619 e. The lowest BCUT2D eigenvalue weighted by Gasteiger charge is -2.01. The molecular formula is C11H12N2OS. The van der Waals surface area contributed by atoms with E-state index in [4.69, 9.17) is 0 Å². The number of pyridine rings is 1. The van der Waals surface area contributed by atoms with Crippen LogP contribution in [0.15, 0.2) is 18.5 Å². The van der Waals surface area contributed by atoms with Crippen molar-refractivity contribution >= 4 is 21.6 Å². The molecule has 0 bridgehead atoms. The predicted molar refractivity (Wildman–Crippen MR) is 59.8 cm³/mol. The first-order valence-corrected chi connectivity index (χ1v) is 6.14. The highest BCUT2D eigenvalue weighted by Gasteiger charge is 2.21. The van der Waals surface area contributed by atoms with Crippen molar-refractivity contribution in [2.24, 2.45) is 0 Å². The monoisotopic (exact) mass is 220 g/mol. The van der Waals surface area contributed by atoms with Crippen molar-refractivity contribution in [3.63, 3.8) is 0 Å². The van der Waals surface area contributed by atoms with Gasteiger partial charge in [-0.2, -0.15) is 4.73 Å². The molecular weight excluding hydrogens is 208 g/mol. The molecule has 78 valence electrons. The number of aromatic nitrogens is 2. The van der Waals surface area contributed by atoms with Gasteiger partial charge in [0, 0.05) is 12.0 Å². The van der Waals surface area contributed by atoms with Crippen molar-refractivity contribution in [2.45, 2.75) is 31.6 Å². The number of nitrogens with zero attached hydrogens (tertiary/aromatic N) is 2. The molecule has 2 heterocycles. The first kappa shape index (κ1) is 9.09. The second-order valence-corrected chi connectivity index (χ2v) is 5.15. The quantitative estimate of drug-likeness (QED) is 0.547. The molecule has 1 fully saturated rings. The van der Waals surface area contributed by atoms with Gasteiger partial charge >= 0.3 is 0 Å².